The first-order valence-electron chi connectivity index (χ1n) is 10.6. The molecule has 0 aliphatic carbocycles. The smallest absolute Gasteiger partial charge is 0.267 e. The number of H-pyrrole nitrogens is 1. The van der Waals surface area contributed by atoms with Crippen molar-refractivity contribution in [3.8, 4) is 11.4 Å². The van der Waals surface area contributed by atoms with Gasteiger partial charge in [-0.1, -0.05) is 52.7 Å². The maximum Gasteiger partial charge on any atom is 0.283 e. The summed E-state index contributed by atoms with van der Waals surface area (Å²) in [6.45, 7) is 0. The molecule has 1 N–H and O–H groups in total. The van der Waals surface area contributed by atoms with Gasteiger partial charge in [-0.25, -0.2) is 14.4 Å². The third kappa shape index (κ3) is 4.36. The molecule has 0 aliphatic heterocycles. The SMILES string of the molecule is O=c1/c(=C\c2ccc(Sc3n[nH]c(-c4ccc(Cl)cc4Cl)n3)c([N+](=O)[O-])c2)sc2nc3ccccc3n12. The molecule has 0 radical (unpaired) electrons. The lowest BCUT2D eigenvalue weighted by atomic mass is 10.2. The van der Waals surface area contributed by atoms with Gasteiger partial charge in [0.1, 0.15) is 0 Å². The van der Waals surface area contributed by atoms with E-state index in [2.05, 4.69) is 20.2 Å². The van der Waals surface area contributed by atoms with Gasteiger partial charge in [0.2, 0.25) is 5.16 Å². The second-order valence-corrected chi connectivity index (χ2v) is 10.7. The van der Waals surface area contributed by atoms with E-state index in [9.17, 15) is 14.9 Å². The molecule has 0 unspecified atom stereocenters. The van der Waals surface area contributed by atoms with Crippen LogP contribution < -0.4 is 10.1 Å². The van der Waals surface area contributed by atoms with Crippen molar-refractivity contribution < 1.29 is 4.92 Å². The minimum absolute atomic E-state index is 0.131. The van der Waals surface area contributed by atoms with Crippen molar-refractivity contribution in [3.05, 3.63) is 101 Å². The molecular formula is C24H12Cl2N6O3S2. The van der Waals surface area contributed by atoms with E-state index in [1.807, 2.05) is 24.3 Å². The Morgan fingerprint density at radius 1 is 1.08 bits per heavy atom. The number of imidazole rings is 1. The molecule has 0 atom stereocenters. The highest BCUT2D eigenvalue weighted by molar-refractivity contribution is 7.99. The highest BCUT2D eigenvalue weighted by Crippen LogP contribution is 2.35. The first kappa shape index (κ1) is 23.6. The molecule has 182 valence electrons. The summed E-state index contributed by atoms with van der Waals surface area (Å²) in [5.74, 6) is 0.412. The van der Waals surface area contributed by atoms with Crippen LogP contribution in [0.15, 0.2) is 75.5 Å². The molecule has 0 spiro atoms. The third-order valence-electron chi connectivity index (χ3n) is 5.47. The van der Waals surface area contributed by atoms with Crippen LogP contribution in [0.2, 0.25) is 10.0 Å². The Balaban J connectivity index is 1.34. The summed E-state index contributed by atoms with van der Waals surface area (Å²) in [4.78, 5) is 34.2. The van der Waals surface area contributed by atoms with Crippen molar-refractivity contribution in [2.24, 2.45) is 0 Å². The lowest BCUT2D eigenvalue weighted by Crippen LogP contribution is -2.22. The van der Waals surface area contributed by atoms with Crippen molar-refractivity contribution in [1.29, 1.82) is 0 Å². The van der Waals surface area contributed by atoms with E-state index in [1.165, 1.54) is 17.4 Å². The van der Waals surface area contributed by atoms with E-state index in [0.29, 0.717) is 41.4 Å². The molecule has 0 bridgehead atoms. The zero-order chi connectivity index (χ0) is 25.7. The molecule has 37 heavy (non-hydrogen) atoms. The number of aromatic amines is 1. The number of para-hydroxylation sites is 2. The van der Waals surface area contributed by atoms with Gasteiger partial charge in [-0.3, -0.25) is 20.0 Å². The monoisotopic (exact) mass is 566 g/mol. The Hall–Kier alpha value is -3.77. The Labute approximate surface area is 225 Å². The summed E-state index contributed by atoms with van der Waals surface area (Å²) in [5.41, 5.74) is 2.24. The van der Waals surface area contributed by atoms with Crippen molar-refractivity contribution in [2.45, 2.75) is 10.1 Å². The number of hydrogen-bond acceptors (Lipinski definition) is 8. The number of nitrogens with one attached hydrogen (secondary N) is 1. The first-order valence-corrected chi connectivity index (χ1v) is 13.0. The van der Waals surface area contributed by atoms with Crippen LogP contribution in [0.25, 0.3) is 33.5 Å². The van der Waals surface area contributed by atoms with Crippen LogP contribution in [0.4, 0.5) is 5.69 Å². The number of fused-ring (bicyclic) bond motifs is 3. The van der Waals surface area contributed by atoms with Gasteiger partial charge in [-0.05, 0) is 59.8 Å². The normalized spacial score (nSPS) is 12.1. The third-order valence-corrected chi connectivity index (χ3v) is 7.92. The van der Waals surface area contributed by atoms with E-state index < -0.39 is 4.92 Å². The number of hydrogen-bond donors (Lipinski definition) is 1. The maximum absolute atomic E-state index is 13.0. The van der Waals surface area contributed by atoms with Crippen LogP contribution in [0.1, 0.15) is 5.56 Å². The maximum atomic E-state index is 13.0. The Morgan fingerprint density at radius 3 is 2.73 bits per heavy atom. The highest BCUT2D eigenvalue weighted by atomic mass is 35.5. The van der Waals surface area contributed by atoms with Crippen molar-refractivity contribution in [3.63, 3.8) is 0 Å². The van der Waals surface area contributed by atoms with E-state index in [4.69, 9.17) is 23.2 Å². The Kier molecular flexibility index (Phi) is 5.92. The van der Waals surface area contributed by atoms with Gasteiger partial charge in [-0.15, -0.1) is 5.10 Å². The highest BCUT2D eigenvalue weighted by Gasteiger charge is 2.19. The van der Waals surface area contributed by atoms with Crippen LogP contribution in [0.5, 0.6) is 0 Å². The molecule has 3 aromatic heterocycles. The zero-order valence-corrected chi connectivity index (χ0v) is 21.5. The molecule has 9 nitrogen and oxygen atoms in total. The van der Waals surface area contributed by atoms with Gasteiger partial charge in [0.05, 0.1) is 30.4 Å². The summed E-state index contributed by atoms with van der Waals surface area (Å²) in [6.07, 6.45) is 1.63. The van der Waals surface area contributed by atoms with Gasteiger partial charge in [-0.2, -0.15) is 0 Å². The van der Waals surface area contributed by atoms with E-state index in [-0.39, 0.29) is 16.4 Å². The average Bonchev–Trinajstić information content (AvgIpc) is 3.55. The average molecular weight is 567 g/mol. The van der Waals surface area contributed by atoms with Gasteiger partial charge in [0.15, 0.2) is 10.8 Å². The fourth-order valence-corrected chi connectivity index (χ4v) is 6.09. The molecule has 0 fully saturated rings. The van der Waals surface area contributed by atoms with Crippen LogP contribution >= 0.6 is 46.3 Å². The van der Waals surface area contributed by atoms with Gasteiger partial charge in [0, 0.05) is 16.7 Å². The standard InChI is InChI=1S/C24H12Cl2N6O3S2/c25-13-6-7-14(15(26)11-13)21-28-23(30-29-21)36-19-8-5-12(9-18(19)32(34)35)10-20-22(33)31-17-4-2-1-3-16(17)27-24(31)37-20/h1-11H,(H,28,29,30)/b20-10+. The number of benzene rings is 3. The summed E-state index contributed by atoms with van der Waals surface area (Å²) >= 11 is 14.5. The molecule has 3 aromatic carbocycles. The Bertz CT molecular complexity index is 1970. The number of rotatable bonds is 5. The summed E-state index contributed by atoms with van der Waals surface area (Å²) < 4.78 is 1.99. The fraction of sp³-hybridized carbons (Fsp3) is 0. The molecule has 0 amide bonds. The quantitative estimate of drug-likeness (QED) is 0.213. The van der Waals surface area contributed by atoms with E-state index in [1.54, 1.807) is 40.8 Å². The van der Waals surface area contributed by atoms with Crippen molar-refractivity contribution in [1.82, 2.24) is 24.6 Å². The summed E-state index contributed by atoms with van der Waals surface area (Å²) in [6, 6.07) is 17.1. The number of aromatic nitrogens is 5. The van der Waals surface area contributed by atoms with E-state index >= 15 is 0 Å². The van der Waals surface area contributed by atoms with Crippen molar-refractivity contribution >= 4 is 74.1 Å². The number of nitro groups is 1. The number of nitro benzene ring substituents is 1. The molecular weight excluding hydrogens is 555 g/mol. The van der Waals surface area contributed by atoms with Crippen LogP contribution in [-0.2, 0) is 0 Å². The first-order chi connectivity index (χ1) is 17.9. The molecule has 6 aromatic rings. The second kappa shape index (κ2) is 9.27. The number of nitrogens with zero attached hydrogens (tertiary/aromatic N) is 5. The number of thiazole rings is 1. The summed E-state index contributed by atoms with van der Waals surface area (Å²) in [5, 5.41) is 20.0. The predicted octanol–water partition coefficient (Wildman–Crippen LogP) is 5.61. The largest absolute Gasteiger partial charge is 0.283 e. The van der Waals surface area contributed by atoms with Crippen LogP contribution in [-0.4, -0.2) is 29.5 Å². The Morgan fingerprint density at radius 2 is 1.92 bits per heavy atom. The molecule has 3 heterocycles. The zero-order valence-electron chi connectivity index (χ0n) is 18.4. The lowest BCUT2D eigenvalue weighted by molar-refractivity contribution is -0.387. The molecule has 6 rings (SSSR count). The lowest BCUT2D eigenvalue weighted by Gasteiger charge is -2.02. The van der Waals surface area contributed by atoms with Gasteiger partial charge < -0.3 is 0 Å². The van der Waals surface area contributed by atoms with Crippen molar-refractivity contribution in [2.75, 3.05) is 0 Å². The molecule has 0 aliphatic rings. The fourth-order valence-electron chi connectivity index (χ4n) is 3.81. The minimum atomic E-state index is -0.476. The van der Waals surface area contributed by atoms with Crippen LogP contribution in [0.3, 0.4) is 0 Å². The van der Waals surface area contributed by atoms with Crippen LogP contribution in [0, 0.1) is 10.1 Å². The number of halogens is 2. The predicted molar refractivity (Wildman–Crippen MR) is 145 cm³/mol. The molecule has 0 saturated carbocycles. The summed E-state index contributed by atoms with van der Waals surface area (Å²) in [7, 11) is 0. The van der Waals surface area contributed by atoms with Gasteiger partial charge >= 0.3 is 0 Å². The molecule has 0 saturated heterocycles. The van der Waals surface area contributed by atoms with Gasteiger partial charge in [0.25, 0.3) is 11.2 Å². The minimum Gasteiger partial charge on any atom is -0.267 e. The molecule has 13 heteroatoms. The van der Waals surface area contributed by atoms with E-state index in [0.717, 1.165) is 22.8 Å². The second-order valence-electron chi connectivity index (χ2n) is 7.81. The topological polar surface area (TPSA) is 119 Å².